The summed E-state index contributed by atoms with van der Waals surface area (Å²) in [4.78, 5) is 12.3. The van der Waals surface area contributed by atoms with Gasteiger partial charge in [-0.25, -0.2) is 4.79 Å². The molecule has 6 nitrogen and oxygen atoms in total. The molecule has 2 atom stereocenters. The van der Waals surface area contributed by atoms with Gasteiger partial charge in [-0.3, -0.25) is 0 Å². The van der Waals surface area contributed by atoms with Crippen LogP contribution in [0, 0.1) is 0 Å². The van der Waals surface area contributed by atoms with E-state index in [1.807, 2.05) is 24.3 Å². The molecule has 1 aliphatic rings. The van der Waals surface area contributed by atoms with Gasteiger partial charge >= 0.3 is 6.09 Å². The molecule has 0 aromatic heterocycles. The number of aliphatic hydroxyl groups excluding tert-OH is 2. The van der Waals surface area contributed by atoms with Crippen LogP contribution in [-0.2, 0) is 4.74 Å². The number of aliphatic hydroxyl groups is 2. The Kier molecular flexibility index (Phi) is 8.40. The summed E-state index contributed by atoms with van der Waals surface area (Å²) in [7, 11) is 0. The number of carbonyl (C=O) groups is 1. The predicted molar refractivity (Wildman–Crippen MR) is 136 cm³/mol. The molecule has 0 fully saturated rings. The molecule has 3 N–H and O–H groups in total. The van der Waals surface area contributed by atoms with Gasteiger partial charge in [0, 0.05) is 12.5 Å². The monoisotopic (exact) mass is 475 g/mol. The first-order valence-corrected chi connectivity index (χ1v) is 12.3. The number of unbranched alkanes of at least 4 members (excludes halogenated alkanes) is 2. The number of hydrogen-bond acceptors (Lipinski definition) is 5. The first-order chi connectivity index (χ1) is 17.1. The standard InChI is InChI=1S/C29H33NO5/c1-2-3-8-17-34-21-15-13-20(14-16-21)28(32)27(31)18-30-29(33)35-19-26-24-11-6-4-9-22(24)23-10-5-7-12-25(23)26/h4-7,9-16,26-28,31-32H,2-3,8,17-19H2,1H3,(H,30,33). The number of fused-ring (bicyclic) bond motifs is 3. The maximum atomic E-state index is 12.3. The molecule has 0 spiro atoms. The lowest BCUT2D eigenvalue weighted by molar-refractivity contribution is 0.0185. The Labute approximate surface area is 206 Å². The summed E-state index contributed by atoms with van der Waals surface area (Å²) in [5.74, 6) is 0.690. The zero-order valence-corrected chi connectivity index (χ0v) is 20.0. The molecule has 1 amide bonds. The molecule has 0 saturated carbocycles. The van der Waals surface area contributed by atoms with Crippen LogP contribution in [0.25, 0.3) is 11.1 Å². The smallest absolute Gasteiger partial charge is 0.407 e. The predicted octanol–water partition coefficient (Wildman–Crippen LogP) is 5.19. The number of hydrogen-bond donors (Lipinski definition) is 3. The van der Waals surface area contributed by atoms with Crippen LogP contribution in [0.15, 0.2) is 72.8 Å². The van der Waals surface area contributed by atoms with Crippen molar-refractivity contribution in [1.29, 1.82) is 0 Å². The molecule has 3 aromatic rings. The quantitative estimate of drug-likeness (QED) is 0.332. The van der Waals surface area contributed by atoms with Crippen molar-refractivity contribution in [3.63, 3.8) is 0 Å². The van der Waals surface area contributed by atoms with Crippen LogP contribution in [-0.4, -0.2) is 42.2 Å². The fraction of sp³-hybridized carbons (Fsp3) is 0.345. The van der Waals surface area contributed by atoms with E-state index in [1.165, 1.54) is 0 Å². The van der Waals surface area contributed by atoms with Gasteiger partial charge in [0.25, 0.3) is 0 Å². The molecule has 0 bridgehead atoms. The van der Waals surface area contributed by atoms with Crippen LogP contribution in [0.5, 0.6) is 5.75 Å². The molecule has 35 heavy (non-hydrogen) atoms. The van der Waals surface area contributed by atoms with Crippen LogP contribution >= 0.6 is 0 Å². The lowest BCUT2D eigenvalue weighted by Gasteiger charge is -2.19. The van der Waals surface area contributed by atoms with Crippen LogP contribution in [0.2, 0.25) is 0 Å². The maximum absolute atomic E-state index is 12.3. The van der Waals surface area contributed by atoms with E-state index < -0.39 is 18.3 Å². The van der Waals surface area contributed by atoms with Crippen LogP contribution in [0.4, 0.5) is 4.79 Å². The number of rotatable bonds is 11. The van der Waals surface area contributed by atoms with E-state index >= 15 is 0 Å². The second-order valence-electron chi connectivity index (χ2n) is 8.84. The number of ether oxygens (including phenoxy) is 2. The van der Waals surface area contributed by atoms with Crippen molar-refractivity contribution in [2.24, 2.45) is 0 Å². The van der Waals surface area contributed by atoms with Crippen LogP contribution in [0.1, 0.15) is 54.9 Å². The van der Waals surface area contributed by atoms with Crippen LogP contribution in [0.3, 0.4) is 0 Å². The molecule has 0 radical (unpaired) electrons. The van der Waals surface area contributed by atoms with Crippen molar-refractivity contribution < 1.29 is 24.5 Å². The zero-order chi connectivity index (χ0) is 24.6. The Morgan fingerprint density at radius 1 is 0.914 bits per heavy atom. The largest absolute Gasteiger partial charge is 0.494 e. The molecular weight excluding hydrogens is 442 g/mol. The molecular formula is C29H33NO5. The molecule has 184 valence electrons. The minimum absolute atomic E-state index is 0.0358. The first kappa shape index (κ1) is 24.8. The number of amides is 1. The summed E-state index contributed by atoms with van der Waals surface area (Å²) in [5, 5.41) is 23.4. The third-order valence-electron chi connectivity index (χ3n) is 6.40. The third-order valence-corrected chi connectivity index (χ3v) is 6.40. The number of alkyl carbamates (subject to hydrolysis) is 1. The van der Waals surface area contributed by atoms with Gasteiger partial charge in [0.15, 0.2) is 0 Å². The average Bonchev–Trinajstić information content (AvgIpc) is 3.22. The number of carbonyl (C=O) groups excluding carboxylic acids is 1. The Morgan fingerprint density at radius 3 is 2.17 bits per heavy atom. The molecule has 6 heteroatoms. The average molecular weight is 476 g/mol. The highest BCUT2D eigenvalue weighted by molar-refractivity contribution is 5.79. The summed E-state index contributed by atoms with van der Waals surface area (Å²) < 4.78 is 11.2. The van der Waals surface area contributed by atoms with Gasteiger partial charge in [-0.2, -0.15) is 0 Å². The first-order valence-electron chi connectivity index (χ1n) is 12.3. The van der Waals surface area contributed by atoms with Gasteiger partial charge in [0.2, 0.25) is 0 Å². The highest BCUT2D eigenvalue weighted by atomic mass is 16.5. The van der Waals surface area contributed by atoms with Crippen molar-refractivity contribution in [2.75, 3.05) is 19.8 Å². The van der Waals surface area contributed by atoms with E-state index in [-0.39, 0.29) is 19.1 Å². The van der Waals surface area contributed by atoms with Crippen molar-refractivity contribution in [3.8, 4) is 16.9 Å². The SMILES string of the molecule is CCCCCOc1ccc(C(O)C(O)CNC(=O)OCC2c3ccccc3-c3ccccc32)cc1. The van der Waals surface area contributed by atoms with Crippen LogP contribution < -0.4 is 10.1 Å². The molecule has 0 aliphatic heterocycles. The highest BCUT2D eigenvalue weighted by Gasteiger charge is 2.29. The second kappa shape index (κ2) is 11.9. The summed E-state index contributed by atoms with van der Waals surface area (Å²) in [6.07, 6.45) is 0.316. The highest BCUT2D eigenvalue weighted by Crippen LogP contribution is 2.44. The van der Waals surface area contributed by atoms with Gasteiger partial charge in [-0.15, -0.1) is 0 Å². The minimum atomic E-state index is -1.17. The zero-order valence-electron chi connectivity index (χ0n) is 20.0. The Hall–Kier alpha value is -3.35. The molecule has 3 aromatic carbocycles. The number of benzene rings is 3. The van der Waals surface area contributed by atoms with Gasteiger partial charge in [-0.05, 0) is 46.4 Å². The fourth-order valence-corrected chi connectivity index (χ4v) is 4.47. The lowest BCUT2D eigenvalue weighted by Crippen LogP contribution is -2.36. The summed E-state index contributed by atoms with van der Waals surface area (Å²) in [6.45, 7) is 2.86. The Balaban J connectivity index is 1.25. The topological polar surface area (TPSA) is 88.0 Å². The van der Waals surface area contributed by atoms with Gasteiger partial charge in [-0.1, -0.05) is 80.4 Å². The van der Waals surface area contributed by atoms with Gasteiger partial charge in [0.1, 0.15) is 24.6 Å². The lowest BCUT2D eigenvalue weighted by atomic mass is 9.98. The summed E-state index contributed by atoms with van der Waals surface area (Å²) >= 11 is 0. The molecule has 2 unspecified atom stereocenters. The van der Waals surface area contributed by atoms with Crippen molar-refractivity contribution in [2.45, 2.75) is 44.3 Å². The van der Waals surface area contributed by atoms with E-state index in [0.717, 1.165) is 47.3 Å². The third kappa shape index (κ3) is 6.02. The van der Waals surface area contributed by atoms with E-state index in [4.69, 9.17) is 9.47 Å². The Morgan fingerprint density at radius 2 is 1.54 bits per heavy atom. The maximum Gasteiger partial charge on any atom is 0.407 e. The molecule has 1 aliphatic carbocycles. The van der Waals surface area contributed by atoms with E-state index in [9.17, 15) is 15.0 Å². The molecule has 4 rings (SSSR count). The minimum Gasteiger partial charge on any atom is -0.494 e. The van der Waals surface area contributed by atoms with Gasteiger partial charge in [0.05, 0.1) is 6.61 Å². The summed E-state index contributed by atoms with van der Waals surface area (Å²) in [6, 6.07) is 23.2. The van der Waals surface area contributed by atoms with Gasteiger partial charge < -0.3 is 25.0 Å². The van der Waals surface area contributed by atoms with Crippen molar-refractivity contribution in [3.05, 3.63) is 89.5 Å². The molecule has 0 saturated heterocycles. The Bertz CT molecular complexity index is 1070. The van der Waals surface area contributed by atoms with E-state index in [0.29, 0.717) is 12.2 Å². The normalized spacial score (nSPS) is 14.0. The van der Waals surface area contributed by atoms with E-state index in [2.05, 4.69) is 36.5 Å². The summed E-state index contributed by atoms with van der Waals surface area (Å²) in [5.41, 5.74) is 5.14. The fourth-order valence-electron chi connectivity index (χ4n) is 4.47. The van der Waals surface area contributed by atoms with E-state index in [1.54, 1.807) is 24.3 Å². The number of nitrogens with one attached hydrogen (secondary N) is 1. The van der Waals surface area contributed by atoms with Crippen molar-refractivity contribution >= 4 is 6.09 Å². The second-order valence-corrected chi connectivity index (χ2v) is 8.84. The van der Waals surface area contributed by atoms with Crippen molar-refractivity contribution in [1.82, 2.24) is 5.32 Å². The molecule has 0 heterocycles.